The van der Waals surface area contributed by atoms with Gasteiger partial charge in [-0.2, -0.15) is 5.26 Å². The first kappa shape index (κ1) is 18.0. The second-order valence-electron chi connectivity index (χ2n) is 6.14. The maximum atomic E-state index is 13.1. The Morgan fingerprint density at radius 1 is 1.31 bits per heavy atom. The van der Waals surface area contributed by atoms with Gasteiger partial charge < -0.3 is 9.64 Å². The van der Waals surface area contributed by atoms with E-state index in [0.29, 0.717) is 22.7 Å². The van der Waals surface area contributed by atoms with Crippen LogP contribution >= 0.6 is 11.6 Å². The molecule has 0 aromatic heterocycles. The third kappa shape index (κ3) is 3.58. The first-order chi connectivity index (χ1) is 12.5. The van der Waals surface area contributed by atoms with Gasteiger partial charge in [0.2, 0.25) is 0 Å². The van der Waals surface area contributed by atoms with Gasteiger partial charge in [-0.05, 0) is 55.8 Å². The number of hydrogen-bond donors (Lipinski definition) is 0. The molecule has 1 heterocycles. The molecule has 3 rings (SSSR count). The van der Waals surface area contributed by atoms with E-state index in [1.165, 1.54) is 0 Å². The lowest BCUT2D eigenvalue weighted by atomic mass is 10.0. The molecule has 1 amide bonds. The summed E-state index contributed by atoms with van der Waals surface area (Å²) in [7, 11) is 0. The highest BCUT2D eigenvalue weighted by Crippen LogP contribution is 2.31. The molecule has 0 spiro atoms. The van der Waals surface area contributed by atoms with E-state index in [1.54, 1.807) is 29.2 Å². The Morgan fingerprint density at radius 2 is 2.04 bits per heavy atom. The second-order valence-corrected chi connectivity index (χ2v) is 6.58. The van der Waals surface area contributed by atoms with Gasteiger partial charge >= 0.3 is 0 Å². The van der Waals surface area contributed by atoms with Gasteiger partial charge in [0.15, 0.2) is 0 Å². The van der Waals surface area contributed by atoms with Crippen molar-refractivity contribution >= 4 is 23.6 Å². The van der Waals surface area contributed by atoms with Gasteiger partial charge in [0.25, 0.3) is 5.91 Å². The molecule has 0 radical (unpaired) electrons. The average molecular weight is 367 g/mol. The lowest BCUT2D eigenvalue weighted by molar-refractivity contribution is -0.129. The van der Waals surface area contributed by atoms with Gasteiger partial charge in [-0.1, -0.05) is 23.7 Å². The van der Waals surface area contributed by atoms with Crippen molar-refractivity contribution < 1.29 is 9.53 Å². The van der Waals surface area contributed by atoms with Gasteiger partial charge in [-0.25, -0.2) is 0 Å². The molecular weight excluding hydrogens is 348 g/mol. The minimum atomic E-state index is -0.109. The maximum Gasteiger partial charge on any atom is 0.253 e. The van der Waals surface area contributed by atoms with Crippen LogP contribution in [0.2, 0.25) is 5.02 Å². The molecule has 0 saturated heterocycles. The SMILES string of the molecule is CCN(C(=O)C1=Cc2cc(Cl)ccc2OC1)[C@@H](C)c1ccc(C#N)cc1. The van der Waals surface area contributed by atoms with Crippen molar-refractivity contribution in [3.8, 4) is 11.8 Å². The number of ether oxygens (including phenoxy) is 1. The summed E-state index contributed by atoms with van der Waals surface area (Å²) >= 11 is 6.05. The molecule has 1 aliphatic heterocycles. The van der Waals surface area contributed by atoms with Gasteiger partial charge in [-0.15, -0.1) is 0 Å². The van der Waals surface area contributed by atoms with Crippen LogP contribution in [0.15, 0.2) is 48.0 Å². The Labute approximate surface area is 158 Å². The summed E-state index contributed by atoms with van der Waals surface area (Å²) in [6, 6.07) is 14.7. The number of halogens is 1. The molecular formula is C21H19ClN2O2. The standard InChI is InChI=1S/C21H19ClN2O2/c1-3-24(14(2)16-6-4-15(12-23)5-7-16)21(25)18-10-17-11-19(22)8-9-20(17)26-13-18/h4-11,14H,3,13H2,1-2H3/t14-/m0/s1. The smallest absolute Gasteiger partial charge is 0.253 e. The zero-order chi connectivity index (χ0) is 18.7. The predicted octanol–water partition coefficient (Wildman–Crippen LogP) is 4.60. The van der Waals surface area contributed by atoms with Crippen LogP contribution in [0, 0.1) is 11.3 Å². The van der Waals surface area contributed by atoms with Crippen molar-refractivity contribution in [3.05, 3.63) is 69.8 Å². The number of benzene rings is 2. The van der Waals surface area contributed by atoms with Crippen molar-refractivity contribution in [2.24, 2.45) is 0 Å². The first-order valence-electron chi connectivity index (χ1n) is 8.47. The molecule has 26 heavy (non-hydrogen) atoms. The van der Waals surface area contributed by atoms with Crippen molar-refractivity contribution in [1.82, 2.24) is 4.90 Å². The highest BCUT2D eigenvalue weighted by molar-refractivity contribution is 6.30. The molecule has 2 aromatic carbocycles. The molecule has 0 N–H and O–H groups in total. The quantitative estimate of drug-likeness (QED) is 0.794. The Balaban J connectivity index is 1.85. The molecule has 0 unspecified atom stereocenters. The fraction of sp³-hybridized carbons (Fsp3) is 0.238. The number of carbonyl (C=O) groups is 1. The van der Waals surface area contributed by atoms with Crippen LogP contribution < -0.4 is 4.74 Å². The van der Waals surface area contributed by atoms with Crippen LogP contribution in [0.4, 0.5) is 0 Å². The first-order valence-corrected chi connectivity index (χ1v) is 8.85. The maximum absolute atomic E-state index is 13.1. The zero-order valence-corrected chi connectivity index (χ0v) is 15.5. The molecule has 0 bridgehead atoms. The Hall–Kier alpha value is -2.77. The monoisotopic (exact) mass is 366 g/mol. The number of carbonyl (C=O) groups excluding carboxylic acids is 1. The van der Waals surface area contributed by atoms with E-state index in [-0.39, 0.29) is 18.6 Å². The molecule has 0 aliphatic carbocycles. The van der Waals surface area contributed by atoms with Crippen LogP contribution in [-0.2, 0) is 4.79 Å². The van der Waals surface area contributed by atoms with E-state index in [9.17, 15) is 4.79 Å². The number of rotatable bonds is 4. The van der Waals surface area contributed by atoms with Crippen LogP contribution in [-0.4, -0.2) is 24.0 Å². The van der Waals surface area contributed by atoms with Gasteiger partial charge in [-0.3, -0.25) is 4.79 Å². The number of likely N-dealkylation sites (N-methyl/N-ethyl adjacent to an activating group) is 1. The van der Waals surface area contributed by atoms with E-state index in [0.717, 1.165) is 16.9 Å². The van der Waals surface area contributed by atoms with Crippen molar-refractivity contribution in [3.63, 3.8) is 0 Å². The van der Waals surface area contributed by atoms with E-state index in [2.05, 4.69) is 6.07 Å². The Bertz CT molecular complexity index is 897. The fourth-order valence-corrected chi connectivity index (χ4v) is 3.25. The van der Waals surface area contributed by atoms with E-state index >= 15 is 0 Å². The molecule has 1 atom stereocenters. The molecule has 5 heteroatoms. The fourth-order valence-electron chi connectivity index (χ4n) is 3.07. The third-order valence-electron chi connectivity index (χ3n) is 4.55. The Morgan fingerprint density at radius 3 is 2.69 bits per heavy atom. The zero-order valence-electron chi connectivity index (χ0n) is 14.7. The van der Waals surface area contributed by atoms with E-state index in [1.807, 2.05) is 38.1 Å². The molecule has 1 aliphatic rings. The number of amides is 1. The van der Waals surface area contributed by atoms with Crippen molar-refractivity contribution in [2.45, 2.75) is 19.9 Å². The van der Waals surface area contributed by atoms with Crippen molar-refractivity contribution in [2.75, 3.05) is 13.2 Å². The number of fused-ring (bicyclic) bond motifs is 1. The molecule has 0 saturated carbocycles. The van der Waals surface area contributed by atoms with Crippen LogP contribution in [0.3, 0.4) is 0 Å². The number of nitrogens with zero attached hydrogens (tertiary/aromatic N) is 2. The van der Waals surface area contributed by atoms with Gasteiger partial charge in [0.05, 0.1) is 23.2 Å². The molecule has 0 fully saturated rings. The second kappa shape index (κ2) is 7.63. The summed E-state index contributed by atoms with van der Waals surface area (Å²) in [4.78, 5) is 14.9. The summed E-state index contributed by atoms with van der Waals surface area (Å²) in [6.07, 6.45) is 1.85. The summed E-state index contributed by atoms with van der Waals surface area (Å²) in [5, 5.41) is 9.54. The summed E-state index contributed by atoms with van der Waals surface area (Å²) in [5.74, 6) is 0.670. The summed E-state index contributed by atoms with van der Waals surface area (Å²) in [5.41, 5.74) is 3.00. The van der Waals surface area contributed by atoms with Crippen LogP contribution in [0.25, 0.3) is 6.08 Å². The molecule has 4 nitrogen and oxygen atoms in total. The minimum Gasteiger partial charge on any atom is -0.488 e. The lowest BCUT2D eigenvalue weighted by Crippen LogP contribution is -2.36. The third-order valence-corrected chi connectivity index (χ3v) is 4.79. The summed E-state index contributed by atoms with van der Waals surface area (Å²) < 4.78 is 5.71. The van der Waals surface area contributed by atoms with Crippen LogP contribution in [0.5, 0.6) is 5.75 Å². The highest BCUT2D eigenvalue weighted by atomic mass is 35.5. The van der Waals surface area contributed by atoms with Crippen molar-refractivity contribution in [1.29, 1.82) is 5.26 Å². The summed E-state index contributed by atoms with van der Waals surface area (Å²) in [6.45, 7) is 4.74. The average Bonchev–Trinajstić information content (AvgIpc) is 2.67. The molecule has 2 aromatic rings. The predicted molar refractivity (Wildman–Crippen MR) is 102 cm³/mol. The largest absolute Gasteiger partial charge is 0.488 e. The normalized spacial score (nSPS) is 13.7. The topological polar surface area (TPSA) is 53.3 Å². The van der Waals surface area contributed by atoms with Gasteiger partial charge in [0.1, 0.15) is 12.4 Å². The minimum absolute atomic E-state index is 0.0602. The number of nitriles is 1. The van der Waals surface area contributed by atoms with Crippen LogP contribution in [0.1, 0.15) is 36.6 Å². The Kier molecular flexibility index (Phi) is 5.29. The van der Waals surface area contributed by atoms with E-state index in [4.69, 9.17) is 21.6 Å². The molecule has 132 valence electrons. The lowest BCUT2D eigenvalue weighted by Gasteiger charge is -2.30. The number of hydrogen-bond acceptors (Lipinski definition) is 3. The van der Waals surface area contributed by atoms with Gasteiger partial charge in [0, 0.05) is 17.1 Å². The van der Waals surface area contributed by atoms with E-state index < -0.39 is 0 Å². The highest BCUT2D eigenvalue weighted by Gasteiger charge is 2.25.